The van der Waals surface area contributed by atoms with Crippen molar-refractivity contribution in [2.24, 2.45) is 0 Å². The minimum atomic E-state index is -0.490. The second-order valence-electron chi connectivity index (χ2n) is 6.53. The van der Waals surface area contributed by atoms with Crippen LogP contribution in [0.3, 0.4) is 0 Å². The highest BCUT2D eigenvalue weighted by molar-refractivity contribution is 14.1. The van der Waals surface area contributed by atoms with Crippen molar-refractivity contribution < 1.29 is 14.3 Å². The summed E-state index contributed by atoms with van der Waals surface area (Å²) in [5.74, 6) is 0.00833. The molecule has 4 rings (SSSR count). The number of imidazole rings is 1. The molecular weight excluding hydrogens is 521 g/mol. The summed E-state index contributed by atoms with van der Waals surface area (Å²) in [6.07, 6.45) is 2.16. The molecule has 2 heterocycles. The van der Waals surface area contributed by atoms with E-state index in [0.29, 0.717) is 29.3 Å². The summed E-state index contributed by atoms with van der Waals surface area (Å²) in [4.78, 5) is 31.3. The Balaban J connectivity index is 1.32. The summed E-state index contributed by atoms with van der Waals surface area (Å²) < 4.78 is 13.3. The second-order valence-corrected chi connectivity index (χ2v) is 8.10. The van der Waals surface area contributed by atoms with Gasteiger partial charge < -0.3 is 14.5 Å². The number of hydrogen-bond acceptors (Lipinski definition) is 5. The number of para-hydroxylation sites is 2. The van der Waals surface area contributed by atoms with Gasteiger partial charge in [-0.05, 0) is 59.3 Å². The Hall–Kier alpha value is -2.59. The van der Waals surface area contributed by atoms with Crippen LogP contribution in [0.25, 0.3) is 21.9 Å². The number of halogens is 2. The fourth-order valence-corrected chi connectivity index (χ4v) is 4.36. The van der Waals surface area contributed by atoms with Crippen molar-refractivity contribution in [1.82, 2.24) is 14.5 Å². The number of aryl methyl sites for hydroxylation is 1. The van der Waals surface area contributed by atoms with Crippen molar-refractivity contribution in [3.05, 3.63) is 67.7 Å². The van der Waals surface area contributed by atoms with E-state index in [1.165, 1.54) is 0 Å². The van der Waals surface area contributed by atoms with E-state index >= 15 is 0 Å². The lowest BCUT2D eigenvalue weighted by Gasteiger charge is -2.12. The molecule has 0 aliphatic heterocycles. The lowest BCUT2D eigenvalue weighted by molar-refractivity contribution is -0.146. The number of nitrogens with zero attached hydrogens (tertiary/aromatic N) is 2. The van der Waals surface area contributed by atoms with Crippen LogP contribution < -0.4 is 10.4 Å². The number of hydrogen-bond donors (Lipinski definition) is 1. The van der Waals surface area contributed by atoms with Gasteiger partial charge in [-0.2, -0.15) is 0 Å². The SMILES string of the molecule is O=C(COc1c(I)cc(Cl)c2cccnc12)OCCCn1c(=O)[nH]c2ccccc21. The van der Waals surface area contributed by atoms with E-state index in [9.17, 15) is 9.59 Å². The normalized spacial score (nSPS) is 11.1. The molecule has 2 aromatic heterocycles. The van der Waals surface area contributed by atoms with Gasteiger partial charge in [0.1, 0.15) is 5.52 Å². The number of carbonyl (C=O) groups is 1. The maximum absolute atomic E-state index is 12.1. The van der Waals surface area contributed by atoms with Gasteiger partial charge in [0.15, 0.2) is 12.4 Å². The monoisotopic (exact) mass is 537 g/mol. The lowest BCUT2D eigenvalue weighted by atomic mass is 10.2. The molecule has 2 aromatic carbocycles. The van der Waals surface area contributed by atoms with Gasteiger partial charge in [0, 0.05) is 18.1 Å². The van der Waals surface area contributed by atoms with E-state index in [-0.39, 0.29) is 18.9 Å². The quantitative estimate of drug-likeness (QED) is 0.218. The average molecular weight is 538 g/mol. The Labute approximate surface area is 190 Å². The van der Waals surface area contributed by atoms with Crippen LogP contribution in [-0.2, 0) is 16.1 Å². The minimum absolute atomic E-state index is 0.178. The fourth-order valence-electron chi connectivity index (χ4n) is 3.19. The maximum Gasteiger partial charge on any atom is 0.344 e. The summed E-state index contributed by atoms with van der Waals surface area (Å²) >= 11 is 8.35. The first-order valence-electron chi connectivity index (χ1n) is 9.23. The first-order valence-corrected chi connectivity index (χ1v) is 10.7. The molecule has 30 heavy (non-hydrogen) atoms. The average Bonchev–Trinajstić information content (AvgIpc) is 3.06. The molecule has 0 atom stereocenters. The molecule has 154 valence electrons. The molecular formula is C21H17ClIN3O4. The smallest absolute Gasteiger partial charge is 0.344 e. The first kappa shape index (κ1) is 20.7. The Bertz CT molecular complexity index is 1280. The number of esters is 1. The maximum atomic E-state index is 12.1. The summed E-state index contributed by atoms with van der Waals surface area (Å²) in [7, 11) is 0. The van der Waals surface area contributed by atoms with Crippen LogP contribution in [-0.4, -0.2) is 33.7 Å². The molecule has 4 aromatic rings. The Morgan fingerprint density at radius 3 is 2.93 bits per heavy atom. The van der Waals surface area contributed by atoms with Crippen molar-refractivity contribution in [2.45, 2.75) is 13.0 Å². The topological polar surface area (TPSA) is 86.2 Å². The molecule has 0 spiro atoms. The Morgan fingerprint density at radius 1 is 1.23 bits per heavy atom. The molecule has 0 amide bonds. The van der Waals surface area contributed by atoms with Crippen LogP contribution in [0.5, 0.6) is 5.75 Å². The third kappa shape index (κ3) is 4.29. The van der Waals surface area contributed by atoms with Gasteiger partial charge in [0.25, 0.3) is 0 Å². The molecule has 0 aliphatic rings. The van der Waals surface area contributed by atoms with Crippen LogP contribution in [0.4, 0.5) is 0 Å². The number of carbonyl (C=O) groups excluding carboxylic acids is 1. The van der Waals surface area contributed by atoms with E-state index in [1.54, 1.807) is 22.9 Å². The van der Waals surface area contributed by atoms with Crippen molar-refractivity contribution in [3.63, 3.8) is 0 Å². The molecule has 7 nitrogen and oxygen atoms in total. The predicted octanol–water partition coefficient (Wildman–Crippen LogP) is 4.15. The molecule has 9 heteroatoms. The van der Waals surface area contributed by atoms with Crippen molar-refractivity contribution in [1.29, 1.82) is 0 Å². The van der Waals surface area contributed by atoms with Gasteiger partial charge in [-0.1, -0.05) is 23.7 Å². The van der Waals surface area contributed by atoms with Gasteiger partial charge in [0.2, 0.25) is 0 Å². The molecule has 0 fully saturated rings. The molecule has 0 saturated heterocycles. The largest absolute Gasteiger partial charge is 0.478 e. The van der Waals surface area contributed by atoms with E-state index in [4.69, 9.17) is 21.1 Å². The number of nitrogens with one attached hydrogen (secondary N) is 1. The summed E-state index contributed by atoms with van der Waals surface area (Å²) in [6.45, 7) is 0.391. The van der Waals surface area contributed by atoms with Crippen molar-refractivity contribution in [2.75, 3.05) is 13.2 Å². The fraction of sp³-hybridized carbons (Fsp3) is 0.190. The molecule has 1 N–H and O–H groups in total. The standard InChI is InChI=1S/C21H17ClIN3O4/c22-14-11-15(23)20(19-13(14)5-3-8-24-19)30-12-18(27)29-10-4-9-26-17-7-2-1-6-16(17)25-21(26)28/h1-3,5-8,11H,4,9-10,12H2,(H,25,28). The summed E-state index contributed by atoms with van der Waals surface area (Å²) in [5.41, 5.74) is 2.03. The van der Waals surface area contributed by atoms with Gasteiger partial charge in [-0.25, -0.2) is 9.59 Å². The zero-order valence-corrected chi connectivity index (χ0v) is 18.6. The molecule has 0 radical (unpaired) electrons. The number of fused-ring (bicyclic) bond motifs is 2. The van der Waals surface area contributed by atoms with Crippen molar-refractivity contribution >= 4 is 62.1 Å². The van der Waals surface area contributed by atoms with Gasteiger partial charge >= 0.3 is 11.7 Å². The number of aromatic nitrogens is 3. The Morgan fingerprint density at radius 2 is 2.07 bits per heavy atom. The van der Waals surface area contributed by atoms with Crippen LogP contribution in [0.15, 0.2) is 53.5 Å². The summed E-state index contributed by atoms with van der Waals surface area (Å²) in [6, 6.07) is 12.9. The van der Waals surface area contributed by atoms with Crippen LogP contribution in [0, 0.1) is 3.57 Å². The first-order chi connectivity index (χ1) is 14.5. The van der Waals surface area contributed by atoms with Gasteiger partial charge in [-0.15, -0.1) is 0 Å². The van der Waals surface area contributed by atoms with E-state index < -0.39 is 5.97 Å². The zero-order valence-electron chi connectivity index (χ0n) is 15.7. The number of H-pyrrole nitrogens is 1. The number of pyridine rings is 1. The van der Waals surface area contributed by atoms with Crippen LogP contribution in [0.1, 0.15) is 6.42 Å². The molecule has 0 unspecified atom stereocenters. The number of benzene rings is 2. The van der Waals surface area contributed by atoms with Crippen LogP contribution in [0.2, 0.25) is 5.02 Å². The number of ether oxygens (including phenoxy) is 2. The predicted molar refractivity (Wildman–Crippen MR) is 123 cm³/mol. The van der Waals surface area contributed by atoms with Gasteiger partial charge in [0.05, 0.1) is 26.2 Å². The van der Waals surface area contributed by atoms with E-state index in [0.717, 1.165) is 20.0 Å². The van der Waals surface area contributed by atoms with Crippen molar-refractivity contribution in [3.8, 4) is 5.75 Å². The zero-order chi connectivity index (χ0) is 21.1. The third-order valence-electron chi connectivity index (χ3n) is 4.56. The van der Waals surface area contributed by atoms with E-state index in [1.807, 2.05) is 30.3 Å². The number of aromatic amines is 1. The van der Waals surface area contributed by atoms with Gasteiger partial charge in [-0.3, -0.25) is 9.55 Å². The molecule has 0 saturated carbocycles. The highest BCUT2D eigenvalue weighted by Crippen LogP contribution is 2.34. The highest BCUT2D eigenvalue weighted by atomic mass is 127. The summed E-state index contributed by atoms with van der Waals surface area (Å²) in [5, 5.41) is 1.33. The molecule has 0 aliphatic carbocycles. The van der Waals surface area contributed by atoms with Crippen LogP contribution >= 0.6 is 34.2 Å². The number of rotatable bonds is 7. The minimum Gasteiger partial charge on any atom is -0.478 e. The molecule has 0 bridgehead atoms. The van der Waals surface area contributed by atoms with E-state index in [2.05, 4.69) is 32.6 Å². The lowest BCUT2D eigenvalue weighted by Crippen LogP contribution is -2.20. The third-order valence-corrected chi connectivity index (χ3v) is 5.67. The highest BCUT2D eigenvalue weighted by Gasteiger charge is 2.14. The Kier molecular flexibility index (Phi) is 6.24. The second kappa shape index (κ2) is 9.05.